The zero-order valence-corrected chi connectivity index (χ0v) is 12.8. The van der Waals surface area contributed by atoms with Crippen molar-refractivity contribution in [2.45, 2.75) is 32.1 Å². The van der Waals surface area contributed by atoms with Gasteiger partial charge in [0.25, 0.3) is 0 Å². The second-order valence-corrected chi connectivity index (χ2v) is 6.64. The molecule has 0 amide bonds. The predicted octanol–water partition coefficient (Wildman–Crippen LogP) is 1.57. The first kappa shape index (κ1) is 17.1. The van der Waals surface area contributed by atoms with E-state index in [1.54, 1.807) is 38.1 Å². The zero-order valence-electron chi connectivity index (χ0n) is 12.0. The van der Waals surface area contributed by atoms with Gasteiger partial charge in [0, 0.05) is 12.6 Å². The molecule has 0 bridgehead atoms. The van der Waals surface area contributed by atoms with Gasteiger partial charge in [-0.05, 0) is 24.6 Å². The molecular weight excluding hydrogens is 292 g/mol. The number of nitriles is 1. The Balaban J connectivity index is 2.91. The Kier molecular flexibility index (Phi) is 5.88. The van der Waals surface area contributed by atoms with Crippen molar-refractivity contribution in [3.05, 3.63) is 35.4 Å². The van der Waals surface area contributed by atoms with E-state index in [9.17, 15) is 13.2 Å². The lowest BCUT2D eigenvalue weighted by Crippen LogP contribution is -2.40. The summed E-state index contributed by atoms with van der Waals surface area (Å²) in [5.41, 5.74) is 1.03. The summed E-state index contributed by atoms with van der Waals surface area (Å²) in [7, 11) is -3.60. The fourth-order valence-electron chi connectivity index (χ4n) is 2.11. The molecule has 114 valence electrons. The molecule has 0 aliphatic rings. The average molecular weight is 310 g/mol. The van der Waals surface area contributed by atoms with E-state index in [4.69, 9.17) is 10.4 Å². The van der Waals surface area contributed by atoms with Crippen LogP contribution >= 0.6 is 0 Å². The number of hydrogen-bond acceptors (Lipinski definition) is 4. The highest BCUT2D eigenvalue weighted by atomic mass is 32.2. The summed E-state index contributed by atoms with van der Waals surface area (Å²) >= 11 is 0. The van der Waals surface area contributed by atoms with Crippen molar-refractivity contribution in [2.24, 2.45) is 0 Å². The molecule has 7 heteroatoms. The van der Waals surface area contributed by atoms with Crippen molar-refractivity contribution in [3.63, 3.8) is 0 Å². The van der Waals surface area contributed by atoms with Crippen LogP contribution in [0.25, 0.3) is 0 Å². The SMILES string of the molecule is CCN(C(C)CC(=O)O)S(=O)(=O)Cc1ccc(C#N)cc1. The molecule has 0 spiro atoms. The standard InChI is InChI=1S/C14H18N2O4S/c1-3-16(11(2)8-14(17)18)21(19,20)10-13-6-4-12(9-15)5-7-13/h4-7,11H,3,8,10H2,1-2H3,(H,17,18). The van der Waals surface area contributed by atoms with Crippen molar-refractivity contribution in [1.29, 1.82) is 5.26 Å². The molecule has 0 saturated carbocycles. The summed E-state index contributed by atoms with van der Waals surface area (Å²) < 4.78 is 25.9. The predicted molar refractivity (Wildman–Crippen MR) is 77.9 cm³/mol. The summed E-state index contributed by atoms with van der Waals surface area (Å²) in [4.78, 5) is 10.7. The largest absolute Gasteiger partial charge is 0.481 e. The molecule has 1 aromatic carbocycles. The van der Waals surface area contributed by atoms with Crippen LogP contribution in [0, 0.1) is 11.3 Å². The summed E-state index contributed by atoms with van der Waals surface area (Å²) in [6, 6.07) is 7.66. The van der Waals surface area contributed by atoms with Gasteiger partial charge >= 0.3 is 5.97 Å². The first-order valence-corrected chi connectivity index (χ1v) is 8.11. The highest BCUT2D eigenvalue weighted by molar-refractivity contribution is 7.88. The number of aliphatic carboxylic acids is 1. The highest BCUT2D eigenvalue weighted by Gasteiger charge is 2.27. The quantitative estimate of drug-likeness (QED) is 0.824. The number of benzene rings is 1. The Morgan fingerprint density at radius 3 is 2.38 bits per heavy atom. The van der Waals surface area contributed by atoms with Crippen LogP contribution in [0.2, 0.25) is 0 Å². The normalized spacial score (nSPS) is 12.9. The number of carboxylic acid groups (broad SMARTS) is 1. The van der Waals surface area contributed by atoms with E-state index in [-0.39, 0.29) is 18.7 Å². The molecule has 0 aromatic heterocycles. The van der Waals surface area contributed by atoms with E-state index in [0.29, 0.717) is 11.1 Å². The van der Waals surface area contributed by atoms with E-state index in [0.717, 1.165) is 0 Å². The van der Waals surface area contributed by atoms with E-state index in [2.05, 4.69) is 0 Å². The fourth-order valence-corrected chi connectivity index (χ4v) is 3.90. The molecular formula is C14H18N2O4S. The van der Waals surface area contributed by atoms with Crippen LogP contribution in [0.4, 0.5) is 0 Å². The highest BCUT2D eigenvalue weighted by Crippen LogP contribution is 2.16. The van der Waals surface area contributed by atoms with E-state index >= 15 is 0 Å². The van der Waals surface area contributed by atoms with Gasteiger partial charge in [0.1, 0.15) is 0 Å². The third-order valence-corrected chi connectivity index (χ3v) is 5.09. The van der Waals surface area contributed by atoms with Crippen molar-refractivity contribution < 1.29 is 18.3 Å². The second kappa shape index (κ2) is 7.20. The average Bonchev–Trinajstić information content (AvgIpc) is 2.38. The third kappa shape index (κ3) is 4.85. The molecule has 6 nitrogen and oxygen atoms in total. The molecule has 1 N–H and O–H groups in total. The lowest BCUT2D eigenvalue weighted by Gasteiger charge is -2.26. The maximum absolute atomic E-state index is 12.4. The van der Waals surface area contributed by atoms with Gasteiger partial charge in [0.2, 0.25) is 10.0 Å². The van der Waals surface area contributed by atoms with Gasteiger partial charge in [0.15, 0.2) is 0 Å². The molecule has 0 heterocycles. The minimum absolute atomic E-state index is 0.212. The van der Waals surface area contributed by atoms with Crippen molar-refractivity contribution in [2.75, 3.05) is 6.54 Å². The zero-order chi connectivity index (χ0) is 16.0. The van der Waals surface area contributed by atoms with Gasteiger partial charge in [0.05, 0.1) is 23.8 Å². The van der Waals surface area contributed by atoms with Crippen LogP contribution in [0.3, 0.4) is 0 Å². The van der Waals surface area contributed by atoms with Crippen LogP contribution < -0.4 is 0 Å². The van der Waals surface area contributed by atoms with Gasteiger partial charge in [-0.25, -0.2) is 8.42 Å². The Bertz CT molecular complexity index is 632. The van der Waals surface area contributed by atoms with E-state index in [1.165, 1.54) is 4.31 Å². The monoisotopic (exact) mass is 310 g/mol. The smallest absolute Gasteiger partial charge is 0.304 e. The Morgan fingerprint density at radius 2 is 1.95 bits per heavy atom. The van der Waals surface area contributed by atoms with Gasteiger partial charge in [-0.15, -0.1) is 0 Å². The summed E-state index contributed by atoms with van der Waals surface area (Å²) in [5.74, 6) is -1.24. The van der Waals surface area contributed by atoms with Crippen molar-refractivity contribution >= 4 is 16.0 Å². The molecule has 0 aliphatic carbocycles. The number of carboxylic acids is 1. The lowest BCUT2D eigenvalue weighted by molar-refractivity contribution is -0.137. The number of nitrogens with zero attached hydrogens (tertiary/aromatic N) is 2. The number of rotatable bonds is 7. The topological polar surface area (TPSA) is 98.5 Å². The van der Waals surface area contributed by atoms with E-state index in [1.807, 2.05) is 6.07 Å². The maximum atomic E-state index is 12.4. The fraction of sp³-hybridized carbons (Fsp3) is 0.429. The summed E-state index contributed by atoms with van der Waals surface area (Å²) in [6.45, 7) is 3.47. The van der Waals surface area contributed by atoms with Crippen LogP contribution in [-0.2, 0) is 20.6 Å². The summed E-state index contributed by atoms with van der Waals surface area (Å²) in [5, 5.41) is 17.5. The minimum Gasteiger partial charge on any atom is -0.481 e. The Morgan fingerprint density at radius 1 is 1.38 bits per heavy atom. The molecule has 1 rings (SSSR count). The molecule has 1 unspecified atom stereocenters. The molecule has 1 aromatic rings. The van der Waals surface area contributed by atoms with Gasteiger partial charge in [-0.2, -0.15) is 9.57 Å². The first-order chi connectivity index (χ1) is 9.80. The minimum atomic E-state index is -3.60. The molecule has 21 heavy (non-hydrogen) atoms. The summed E-state index contributed by atoms with van der Waals surface area (Å²) in [6.07, 6.45) is -0.236. The van der Waals surface area contributed by atoms with Crippen LogP contribution in [0.1, 0.15) is 31.4 Å². The molecule has 0 aliphatic heterocycles. The maximum Gasteiger partial charge on any atom is 0.304 e. The molecule has 0 saturated heterocycles. The van der Waals surface area contributed by atoms with Gasteiger partial charge in [-0.1, -0.05) is 19.1 Å². The van der Waals surface area contributed by atoms with Crippen LogP contribution in [0.5, 0.6) is 0 Å². The van der Waals surface area contributed by atoms with Gasteiger partial charge in [-0.3, -0.25) is 4.79 Å². The van der Waals surface area contributed by atoms with E-state index < -0.39 is 22.0 Å². The number of carbonyl (C=O) groups is 1. The Labute approximate surface area is 124 Å². The Hall–Kier alpha value is -1.91. The van der Waals surface area contributed by atoms with Gasteiger partial charge < -0.3 is 5.11 Å². The molecule has 0 fully saturated rings. The van der Waals surface area contributed by atoms with Crippen molar-refractivity contribution in [3.8, 4) is 6.07 Å². The van der Waals surface area contributed by atoms with Crippen molar-refractivity contribution in [1.82, 2.24) is 4.31 Å². The first-order valence-electron chi connectivity index (χ1n) is 6.50. The molecule has 1 atom stereocenters. The molecule has 0 radical (unpaired) electrons. The third-order valence-electron chi connectivity index (χ3n) is 3.06. The lowest BCUT2D eigenvalue weighted by atomic mass is 10.2. The van der Waals surface area contributed by atoms with Crippen LogP contribution in [-0.4, -0.2) is 36.4 Å². The second-order valence-electron chi connectivity index (χ2n) is 4.72. The number of sulfonamides is 1. The van der Waals surface area contributed by atoms with Crippen LogP contribution in [0.15, 0.2) is 24.3 Å². The number of hydrogen-bond donors (Lipinski definition) is 1.